The summed E-state index contributed by atoms with van der Waals surface area (Å²) in [5.74, 6) is 1.38. The summed E-state index contributed by atoms with van der Waals surface area (Å²) in [4.78, 5) is 0. The number of methoxy groups -OCH3 is 1. The van der Waals surface area contributed by atoms with Crippen molar-refractivity contribution in [3.05, 3.63) is 63.6 Å². The molecule has 2 unspecified atom stereocenters. The van der Waals surface area contributed by atoms with Crippen LogP contribution in [-0.4, -0.2) is 7.11 Å². The Bertz CT molecular complexity index is 595. The van der Waals surface area contributed by atoms with Crippen LogP contribution in [-0.2, 0) is 0 Å². The van der Waals surface area contributed by atoms with Gasteiger partial charge in [0.05, 0.1) is 12.5 Å². The van der Waals surface area contributed by atoms with E-state index in [-0.39, 0.29) is 5.38 Å². The molecule has 2 rings (SSSR count). The van der Waals surface area contributed by atoms with Crippen molar-refractivity contribution in [2.75, 3.05) is 7.11 Å². The van der Waals surface area contributed by atoms with Crippen molar-refractivity contribution in [1.82, 2.24) is 0 Å². The highest BCUT2D eigenvalue weighted by Crippen LogP contribution is 2.37. The highest BCUT2D eigenvalue weighted by atomic mass is 79.9. The molecule has 0 heterocycles. The zero-order valence-electron chi connectivity index (χ0n) is 12.6. The van der Waals surface area contributed by atoms with Crippen LogP contribution in [0.25, 0.3) is 0 Å². The van der Waals surface area contributed by atoms with E-state index in [2.05, 4.69) is 54.0 Å². The Morgan fingerprint density at radius 2 is 1.71 bits per heavy atom. The van der Waals surface area contributed by atoms with Gasteiger partial charge < -0.3 is 4.74 Å². The monoisotopic (exact) mass is 366 g/mol. The average Bonchev–Trinajstić information content (AvgIpc) is 2.53. The predicted molar refractivity (Wildman–Crippen MR) is 93.5 cm³/mol. The molecule has 0 radical (unpaired) electrons. The molecule has 0 aliphatic rings. The van der Waals surface area contributed by atoms with Gasteiger partial charge in [-0.1, -0.05) is 60.1 Å². The number of hydrogen-bond donors (Lipinski definition) is 0. The van der Waals surface area contributed by atoms with Gasteiger partial charge in [0.2, 0.25) is 0 Å². The van der Waals surface area contributed by atoms with Crippen LogP contribution in [0, 0.1) is 0 Å². The number of benzene rings is 2. The molecule has 1 nitrogen and oxygen atoms in total. The molecule has 0 saturated heterocycles. The third-order valence-electron chi connectivity index (χ3n) is 3.88. The fourth-order valence-electron chi connectivity index (χ4n) is 2.30. The molecular weight excluding hydrogens is 348 g/mol. The summed E-state index contributed by atoms with van der Waals surface area (Å²) in [5, 5.41) is -0.209. The van der Waals surface area contributed by atoms with Gasteiger partial charge in [0.25, 0.3) is 0 Å². The van der Waals surface area contributed by atoms with Crippen molar-refractivity contribution >= 4 is 27.5 Å². The molecule has 0 fully saturated rings. The van der Waals surface area contributed by atoms with E-state index in [4.69, 9.17) is 16.3 Å². The summed E-state index contributed by atoms with van der Waals surface area (Å²) in [7, 11) is 1.67. The van der Waals surface area contributed by atoms with E-state index in [1.807, 2.05) is 18.2 Å². The Morgan fingerprint density at radius 1 is 1.10 bits per heavy atom. The van der Waals surface area contributed by atoms with Crippen LogP contribution in [0.1, 0.15) is 48.3 Å². The third-order valence-corrected chi connectivity index (χ3v) is 4.86. The van der Waals surface area contributed by atoms with Gasteiger partial charge in [-0.25, -0.2) is 0 Å². The smallest absolute Gasteiger partial charge is 0.125 e. The molecule has 0 aliphatic carbocycles. The zero-order valence-corrected chi connectivity index (χ0v) is 14.9. The van der Waals surface area contributed by atoms with Gasteiger partial charge in [0.1, 0.15) is 5.75 Å². The van der Waals surface area contributed by atoms with E-state index in [0.29, 0.717) is 5.92 Å². The summed E-state index contributed by atoms with van der Waals surface area (Å²) in [6.45, 7) is 4.45. The van der Waals surface area contributed by atoms with Crippen molar-refractivity contribution < 1.29 is 4.74 Å². The Kier molecular flexibility index (Phi) is 5.72. The summed E-state index contributed by atoms with van der Waals surface area (Å²) < 4.78 is 6.42. The lowest BCUT2D eigenvalue weighted by molar-refractivity contribution is 0.410. The summed E-state index contributed by atoms with van der Waals surface area (Å²) in [6.07, 6.45) is 1.14. The average molecular weight is 368 g/mol. The lowest BCUT2D eigenvalue weighted by Crippen LogP contribution is -1.98. The molecule has 21 heavy (non-hydrogen) atoms. The van der Waals surface area contributed by atoms with E-state index in [0.717, 1.165) is 27.8 Å². The number of hydrogen-bond acceptors (Lipinski definition) is 1. The Balaban J connectivity index is 2.29. The topological polar surface area (TPSA) is 9.23 Å². The van der Waals surface area contributed by atoms with Crippen LogP contribution in [0.3, 0.4) is 0 Å². The number of ether oxygens (including phenoxy) is 1. The largest absolute Gasteiger partial charge is 0.496 e. The maximum absolute atomic E-state index is 6.64. The number of halogens is 2. The molecule has 0 N–H and O–H groups in total. The Morgan fingerprint density at radius 3 is 2.29 bits per heavy atom. The molecule has 0 spiro atoms. The number of rotatable bonds is 5. The quantitative estimate of drug-likeness (QED) is 0.563. The van der Waals surface area contributed by atoms with Gasteiger partial charge in [-0.2, -0.15) is 0 Å². The first kappa shape index (κ1) is 16.4. The second-order valence-electron chi connectivity index (χ2n) is 5.22. The van der Waals surface area contributed by atoms with Crippen molar-refractivity contribution in [2.24, 2.45) is 0 Å². The first-order valence-electron chi connectivity index (χ1n) is 7.14. The second kappa shape index (κ2) is 7.33. The van der Waals surface area contributed by atoms with Gasteiger partial charge in [-0.05, 0) is 35.6 Å². The van der Waals surface area contributed by atoms with Gasteiger partial charge in [-0.15, -0.1) is 11.6 Å². The van der Waals surface area contributed by atoms with Gasteiger partial charge in [0, 0.05) is 10.0 Å². The molecule has 0 amide bonds. The highest BCUT2D eigenvalue weighted by Gasteiger charge is 2.16. The first-order valence-corrected chi connectivity index (χ1v) is 8.37. The fourth-order valence-corrected chi connectivity index (χ4v) is 2.97. The minimum Gasteiger partial charge on any atom is -0.496 e. The van der Waals surface area contributed by atoms with Crippen molar-refractivity contribution in [1.29, 1.82) is 0 Å². The first-order chi connectivity index (χ1) is 10.1. The van der Waals surface area contributed by atoms with Gasteiger partial charge >= 0.3 is 0 Å². The van der Waals surface area contributed by atoms with Crippen molar-refractivity contribution in [3.8, 4) is 5.75 Å². The van der Waals surface area contributed by atoms with Gasteiger partial charge in [-0.3, -0.25) is 0 Å². The third kappa shape index (κ3) is 3.81. The molecule has 2 aromatic rings. The van der Waals surface area contributed by atoms with Crippen molar-refractivity contribution in [3.63, 3.8) is 0 Å². The Hall–Kier alpha value is -0.990. The SMILES string of the molecule is CCC(C)c1ccc(C(Cl)c2ccc(Br)cc2OC)cc1. The molecule has 0 aromatic heterocycles. The van der Waals surface area contributed by atoms with Crippen LogP contribution < -0.4 is 4.74 Å². The second-order valence-corrected chi connectivity index (χ2v) is 6.58. The van der Waals surface area contributed by atoms with Crippen molar-refractivity contribution in [2.45, 2.75) is 31.6 Å². The Labute approximate surface area is 140 Å². The van der Waals surface area contributed by atoms with Crippen LogP contribution in [0.2, 0.25) is 0 Å². The highest BCUT2D eigenvalue weighted by molar-refractivity contribution is 9.10. The molecule has 0 saturated carbocycles. The zero-order chi connectivity index (χ0) is 15.4. The maximum Gasteiger partial charge on any atom is 0.125 e. The van der Waals surface area contributed by atoms with Crippen LogP contribution in [0.15, 0.2) is 46.9 Å². The van der Waals surface area contributed by atoms with Crippen LogP contribution in [0.4, 0.5) is 0 Å². The molecule has 2 aromatic carbocycles. The maximum atomic E-state index is 6.64. The van der Waals surface area contributed by atoms with Crippen LogP contribution in [0.5, 0.6) is 5.75 Å². The fraction of sp³-hybridized carbons (Fsp3) is 0.333. The lowest BCUT2D eigenvalue weighted by Gasteiger charge is -2.16. The van der Waals surface area contributed by atoms with E-state index in [9.17, 15) is 0 Å². The standard InChI is InChI=1S/C18H20BrClO/c1-4-12(2)13-5-7-14(8-6-13)18(20)16-10-9-15(19)11-17(16)21-3/h5-12,18H,4H2,1-3H3. The predicted octanol–water partition coefficient (Wildman–Crippen LogP) is 6.30. The summed E-state index contributed by atoms with van der Waals surface area (Å²) >= 11 is 10.1. The van der Waals surface area contributed by atoms with E-state index >= 15 is 0 Å². The summed E-state index contributed by atoms with van der Waals surface area (Å²) in [5.41, 5.74) is 3.43. The summed E-state index contributed by atoms with van der Waals surface area (Å²) in [6, 6.07) is 14.5. The molecule has 3 heteroatoms. The molecule has 0 bridgehead atoms. The van der Waals surface area contributed by atoms with E-state index < -0.39 is 0 Å². The lowest BCUT2D eigenvalue weighted by atomic mass is 9.95. The van der Waals surface area contributed by atoms with Crippen LogP contribution >= 0.6 is 27.5 Å². The normalized spacial score (nSPS) is 13.8. The van der Waals surface area contributed by atoms with E-state index in [1.54, 1.807) is 7.11 Å². The minimum absolute atomic E-state index is 0.209. The molecular formula is C18H20BrClO. The molecule has 0 aliphatic heterocycles. The van der Waals surface area contributed by atoms with Gasteiger partial charge in [0.15, 0.2) is 0 Å². The van der Waals surface area contributed by atoms with E-state index in [1.165, 1.54) is 5.56 Å². The minimum atomic E-state index is -0.209. The molecule has 2 atom stereocenters. The number of alkyl halides is 1. The molecule has 112 valence electrons.